The van der Waals surface area contributed by atoms with Crippen LogP contribution in [-0.2, 0) is 14.3 Å². The predicted molar refractivity (Wildman–Crippen MR) is 52.0 cm³/mol. The zero-order chi connectivity index (χ0) is 13.0. The van der Waals surface area contributed by atoms with E-state index in [9.17, 15) is 24.9 Å². The van der Waals surface area contributed by atoms with Gasteiger partial charge in [-0.2, -0.15) is 0 Å². The number of carbonyl (C=O) groups excluding carboxylic acids is 2. The van der Waals surface area contributed by atoms with Crippen molar-refractivity contribution in [3.05, 3.63) is 12.7 Å². The molecule has 16 heavy (non-hydrogen) atoms. The Kier molecular flexibility index (Phi) is 4.64. The number of carboxylic acid groups (broad SMARTS) is 1. The molecule has 92 valence electrons. The maximum absolute atomic E-state index is 11.0. The number of hydrogen-bond donors (Lipinski definition) is 2. The smallest absolute Gasteiger partial charge is 0.308 e. The van der Waals surface area contributed by atoms with Crippen molar-refractivity contribution in [2.45, 2.75) is 31.0 Å². The van der Waals surface area contributed by atoms with Gasteiger partial charge in [-0.25, -0.2) is 0 Å². The lowest BCUT2D eigenvalue weighted by molar-refractivity contribution is -0.336. The number of carbonyl (C=O) groups is 2. The van der Waals surface area contributed by atoms with Gasteiger partial charge in [0.15, 0.2) is 0 Å². The van der Waals surface area contributed by atoms with Gasteiger partial charge in [0.2, 0.25) is 0 Å². The molecule has 0 spiro atoms. The molecule has 0 aromatic carbocycles. The number of carboxylic acids is 1. The predicted octanol–water partition coefficient (Wildman–Crippen LogP) is -1.64. The van der Waals surface area contributed by atoms with Crippen molar-refractivity contribution in [1.29, 1.82) is 0 Å². The summed E-state index contributed by atoms with van der Waals surface area (Å²) in [6, 6.07) is 0. The molecule has 0 aliphatic heterocycles. The minimum Gasteiger partial charge on any atom is -0.547 e. The Labute approximate surface area is 93.2 Å². The van der Waals surface area contributed by atoms with Crippen molar-refractivity contribution in [3.63, 3.8) is 0 Å². The molecule has 2 N–H and O–H groups in total. The molecule has 0 heterocycles. The van der Waals surface area contributed by atoms with E-state index in [1.54, 1.807) is 0 Å². The van der Waals surface area contributed by atoms with Gasteiger partial charge in [-0.15, -0.1) is 6.58 Å². The summed E-state index contributed by atoms with van der Waals surface area (Å²) in [5, 5.41) is 30.4. The first-order valence-corrected chi connectivity index (χ1v) is 4.55. The summed E-state index contributed by atoms with van der Waals surface area (Å²) in [6.07, 6.45) is 0.117. The average Bonchev–Trinajstić information content (AvgIpc) is 2.16. The van der Waals surface area contributed by atoms with E-state index in [4.69, 9.17) is 0 Å². The SMILES string of the molecule is C=CCC(C)(O)C(O)(CC(=O)OC)C(=O)[O-]. The lowest BCUT2D eigenvalue weighted by Gasteiger charge is -2.40. The van der Waals surface area contributed by atoms with Gasteiger partial charge in [0.25, 0.3) is 0 Å². The van der Waals surface area contributed by atoms with Crippen molar-refractivity contribution in [3.8, 4) is 0 Å². The molecular formula is C10H15O6-. The summed E-state index contributed by atoms with van der Waals surface area (Å²) in [4.78, 5) is 21.8. The Morgan fingerprint density at radius 1 is 1.50 bits per heavy atom. The molecule has 6 heteroatoms. The normalized spacial score (nSPS) is 18.0. The standard InChI is InChI=1S/C10H16O6/c1-4-5-9(2,14)10(15,8(12)13)6-7(11)16-3/h4,14-15H,1,5-6H2,2-3H3,(H,12,13)/p-1. The van der Waals surface area contributed by atoms with Gasteiger partial charge in [0.1, 0.15) is 5.60 Å². The number of hydrogen-bond acceptors (Lipinski definition) is 6. The number of ether oxygens (including phenoxy) is 1. The van der Waals surface area contributed by atoms with E-state index < -0.39 is 29.6 Å². The molecule has 0 fully saturated rings. The topological polar surface area (TPSA) is 107 Å². The molecule has 0 rings (SSSR count). The summed E-state index contributed by atoms with van der Waals surface area (Å²) in [5.41, 5.74) is -4.78. The summed E-state index contributed by atoms with van der Waals surface area (Å²) >= 11 is 0. The van der Waals surface area contributed by atoms with Crippen molar-refractivity contribution in [1.82, 2.24) is 0 Å². The van der Waals surface area contributed by atoms with E-state index in [0.29, 0.717) is 0 Å². The molecule has 0 bridgehead atoms. The van der Waals surface area contributed by atoms with Crippen LogP contribution in [0.15, 0.2) is 12.7 Å². The van der Waals surface area contributed by atoms with Crippen LogP contribution < -0.4 is 5.11 Å². The third-order valence-electron chi connectivity index (χ3n) is 2.40. The van der Waals surface area contributed by atoms with Crippen molar-refractivity contribution < 1.29 is 29.6 Å². The number of rotatable bonds is 6. The summed E-state index contributed by atoms with van der Waals surface area (Å²) < 4.78 is 4.24. The molecule has 0 aromatic rings. The van der Waals surface area contributed by atoms with E-state index in [1.165, 1.54) is 6.08 Å². The largest absolute Gasteiger partial charge is 0.547 e. The molecule has 0 radical (unpaired) electrons. The first-order valence-electron chi connectivity index (χ1n) is 4.55. The molecule has 0 amide bonds. The van der Waals surface area contributed by atoms with Gasteiger partial charge in [-0.1, -0.05) is 6.08 Å². The van der Waals surface area contributed by atoms with E-state index in [2.05, 4.69) is 11.3 Å². The van der Waals surface area contributed by atoms with Gasteiger partial charge < -0.3 is 24.9 Å². The Bertz CT molecular complexity index is 296. The van der Waals surface area contributed by atoms with Crippen LogP contribution in [0, 0.1) is 0 Å². The number of methoxy groups -OCH3 is 1. The van der Waals surface area contributed by atoms with Crippen LogP contribution in [0.1, 0.15) is 19.8 Å². The van der Waals surface area contributed by atoms with E-state index in [0.717, 1.165) is 14.0 Å². The van der Waals surface area contributed by atoms with Crippen LogP contribution in [0.3, 0.4) is 0 Å². The van der Waals surface area contributed by atoms with Crippen LogP contribution in [0.25, 0.3) is 0 Å². The minimum atomic E-state index is -2.71. The van der Waals surface area contributed by atoms with Crippen molar-refractivity contribution in [2.24, 2.45) is 0 Å². The number of aliphatic hydroxyl groups is 2. The van der Waals surface area contributed by atoms with Gasteiger partial charge in [-0.05, 0) is 13.3 Å². The highest BCUT2D eigenvalue weighted by Crippen LogP contribution is 2.29. The molecule has 0 saturated heterocycles. The van der Waals surface area contributed by atoms with Gasteiger partial charge >= 0.3 is 5.97 Å². The fraction of sp³-hybridized carbons (Fsp3) is 0.600. The maximum atomic E-state index is 11.0. The highest BCUT2D eigenvalue weighted by molar-refractivity contribution is 5.84. The van der Waals surface area contributed by atoms with Crippen LogP contribution >= 0.6 is 0 Å². The molecule has 0 aliphatic carbocycles. The molecule has 0 aromatic heterocycles. The first kappa shape index (κ1) is 14.6. The lowest BCUT2D eigenvalue weighted by atomic mass is 9.79. The van der Waals surface area contributed by atoms with Gasteiger partial charge in [0.05, 0.1) is 25.1 Å². The fourth-order valence-electron chi connectivity index (χ4n) is 1.21. The second kappa shape index (κ2) is 5.09. The summed E-state index contributed by atoms with van der Waals surface area (Å²) in [7, 11) is 1.04. The number of esters is 1. The molecule has 2 unspecified atom stereocenters. The quantitative estimate of drug-likeness (QED) is 0.419. The first-order chi connectivity index (χ1) is 7.21. The average molecular weight is 231 g/mol. The summed E-state index contributed by atoms with van der Waals surface area (Å²) in [5.74, 6) is -2.90. The molecule has 0 saturated carbocycles. The molecule has 6 nitrogen and oxygen atoms in total. The van der Waals surface area contributed by atoms with Crippen molar-refractivity contribution >= 4 is 11.9 Å². The third kappa shape index (κ3) is 2.80. The van der Waals surface area contributed by atoms with Crippen LogP contribution in [0.4, 0.5) is 0 Å². The fourth-order valence-corrected chi connectivity index (χ4v) is 1.21. The second-order valence-corrected chi connectivity index (χ2v) is 3.67. The molecular weight excluding hydrogens is 216 g/mol. The zero-order valence-corrected chi connectivity index (χ0v) is 9.23. The monoisotopic (exact) mass is 231 g/mol. The Balaban J connectivity index is 5.17. The third-order valence-corrected chi connectivity index (χ3v) is 2.40. The Morgan fingerprint density at radius 3 is 2.31 bits per heavy atom. The molecule has 2 atom stereocenters. The zero-order valence-electron chi connectivity index (χ0n) is 9.23. The van der Waals surface area contributed by atoms with Crippen LogP contribution in [0.2, 0.25) is 0 Å². The maximum Gasteiger partial charge on any atom is 0.308 e. The highest BCUT2D eigenvalue weighted by atomic mass is 16.5. The van der Waals surface area contributed by atoms with Crippen LogP contribution in [0.5, 0.6) is 0 Å². The Hall–Kier alpha value is -1.40. The van der Waals surface area contributed by atoms with E-state index >= 15 is 0 Å². The highest BCUT2D eigenvalue weighted by Gasteiger charge is 2.48. The van der Waals surface area contributed by atoms with Crippen molar-refractivity contribution in [2.75, 3.05) is 7.11 Å². The Morgan fingerprint density at radius 2 is 2.00 bits per heavy atom. The van der Waals surface area contributed by atoms with Gasteiger partial charge in [0, 0.05) is 0 Å². The van der Waals surface area contributed by atoms with E-state index in [1.807, 2.05) is 0 Å². The minimum absolute atomic E-state index is 0.214. The lowest BCUT2D eigenvalue weighted by Crippen LogP contribution is -2.63. The van der Waals surface area contributed by atoms with Gasteiger partial charge in [-0.3, -0.25) is 4.79 Å². The molecule has 0 aliphatic rings. The summed E-state index contributed by atoms with van der Waals surface area (Å²) in [6.45, 7) is 4.39. The number of aliphatic carboxylic acids is 1. The van der Waals surface area contributed by atoms with Crippen LogP contribution in [-0.4, -0.2) is 40.5 Å². The second-order valence-electron chi connectivity index (χ2n) is 3.67. The van der Waals surface area contributed by atoms with E-state index in [-0.39, 0.29) is 6.42 Å².